The maximum atomic E-state index is 12.9. The Morgan fingerprint density at radius 3 is 2.69 bits per heavy atom. The standard InChI is InChI=1S/C20H23N3O4S2/c1-23(16-6-3-2-4-7-16)29(24,25)17-9-10-20(21-13-17)28-14-15-12-19(27-22-15)18-8-5-11-26-18/h5,8-13,16H,2-4,6-7,14H2,1H3. The van der Waals surface area contributed by atoms with Gasteiger partial charge in [0.05, 0.1) is 17.0 Å². The summed E-state index contributed by atoms with van der Waals surface area (Å²) in [7, 11) is -1.84. The van der Waals surface area contributed by atoms with E-state index in [9.17, 15) is 8.42 Å². The fraction of sp³-hybridized carbons (Fsp3) is 0.400. The summed E-state index contributed by atoms with van der Waals surface area (Å²) in [5.74, 6) is 1.76. The van der Waals surface area contributed by atoms with E-state index in [-0.39, 0.29) is 10.9 Å². The number of hydrogen-bond donors (Lipinski definition) is 0. The zero-order valence-corrected chi connectivity index (χ0v) is 17.8. The van der Waals surface area contributed by atoms with Gasteiger partial charge in [-0.3, -0.25) is 0 Å². The molecule has 0 aromatic carbocycles. The minimum atomic E-state index is -3.52. The summed E-state index contributed by atoms with van der Waals surface area (Å²) in [4.78, 5) is 4.56. The van der Waals surface area contributed by atoms with Crippen LogP contribution < -0.4 is 0 Å². The Morgan fingerprint density at radius 2 is 2.00 bits per heavy atom. The summed E-state index contributed by atoms with van der Waals surface area (Å²) in [6, 6.07) is 8.86. The van der Waals surface area contributed by atoms with Gasteiger partial charge in [0.2, 0.25) is 15.8 Å². The highest BCUT2D eigenvalue weighted by Gasteiger charge is 2.29. The fourth-order valence-corrected chi connectivity index (χ4v) is 5.56. The van der Waals surface area contributed by atoms with Gasteiger partial charge in [0, 0.05) is 31.1 Å². The van der Waals surface area contributed by atoms with Crippen molar-refractivity contribution in [1.29, 1.82) is 0 Å². The van der Waals surface area contributed by atoms with Crippen molar-refractivity contribution in [2.45, 2.75) is 53.8 Å². The SMILES string of the molecule is CN(C1CCCCC1)S(=O)(=O)c1ccc(SCc2cc(-c3ccco3)on2)nc1. The molecule has 29 heavy (non-hydrogen) atoms. The van der Waals surface area contributed by atoms with Crippen molar-refractivity contribution < 1.29 is 17.4 Å². The van der Waals surface area contributed by atoms with Gasteiger partial charge in [-0.05, 0) is 37.1 Å². The lowest BCUT2D eigenvalue weighted by Gasteiger charge is -2.30. The van der Waals surface area contributed by atoms with Gasteiger partial charge >= 0.3 is 0 Å². The molecule has 0 radical (unpaired) electrons. The number of thioether (sulfide) groups is 1. The Hall–Kier alpha value is -2.10. The Morgan fingerprint density at radius 1 is 1.17 bits per heavy atom. The highest BCUT2D eigenvalue weighted by Crippen LogP contribution is 2.28. The van der Waals surface area contributed by atoms with Gasteiger partial charge in [0.25, 0.3) is 0 Å². The molecule has 0 aliphatic heterocycles. The van der Waals surface area contributed by atoms with Crippen molar-refractivity contribution in [2.24, 2.45) is 0 Å². The normalized spacial score (nSPS) is 15.8. The number of furan rings is 1. The summed E-state index contributed by atoms with van der Waals surface area (Å²) in [6.07, 6.45) is 8.23. The largest absolute Gasteiger partial charge is 0.461 e. The first kappa shape index (κ1) is 20.2. The smallest absolute Gasteiger partial charge is 0.244 e. The van der Waals surface area contributed by atoms with Crippen LogP contribution in [0.5, 0.6) is 0 Å². The van der Waals surface area contributed by atoms with E-state index >= 15 is 0 Å². The van der Waals surface area contributed by atoms with Crippen LogP contribution in [0, 0.1) is 0 Å². The predicted molar refractivity (Wildman–Crippen MR) is 110 cm³/mol. The Kier molecular flexibility index (Phi) is 6.07. The number of nitrogens with zero attached hydrogens (tertiary/aromatic N) is 3. The number of sulfonamides is 1. The molecule has 0 saturated heterocycles. The topological polar surface area (TPSA) is 89.4 Å². The summed E-state index contributed by atoms with van der Waals surface area (Å²) in [6.45, 7) is 0. The molecular formula is C20H23N3O4S2. The second kappa shape index (κ2) is 8.73. The van der Waals surface area contributed by atoms with Crippen LogP contribution in [-0.2, 0) is 15.8 Å². The number of rotatable bonds is 7. The van der Waals surface area contributed by atoms with Gasteiger partial charge in [0.15, 0.2) is 5.76 Å². The van der Waals surface area contributed by atoms with Crippen LogP contribution >= 0.6 is 11.8 Å². The molecule has 0 atom stereocenters. The minimum Gasteiger partial charge on any atom is -0.461 e. The first-order chi connectivity index (χ1) is 14.0. The van der Waals surface area contributed by atoms with E-state index in [0.29, 0.717) is 17.3 Å². The number of aromatic nitrogens is 2. The number of hydrogen-bond acceptors (Lipinski definition) is 7. The highest BCUT2D eigenvalue weighted by molar-refractivity contribution is 7.98. The van der Waals surface area contributed by atoms with Crippen LogP contribution in [-0.4, -0.2) is 36.0 Å². The Bertz CT molecular complexity index is 1020. The Balaban J connectivity index is 1.38. The fourth-order valence-electron chi connectivity index (χ4n) is 3.47. The van der Waals surface area contributed by atoms with Crippen molar-refractivity contribution >= 4 is 21.8 Å². The van der Waals surface area contributed by atoms with Gasteiger partial charge in [-0.15, -0.1) is 0 Å². The molecule has 4 rings (SSSR count). The molecule has 0 bridgehead atoms. The van der Waals surface area contributed by atoms with Gasteiger partial charge < -0.3 is 8.94 Å². The molecule has 0 spiro atoms. The van der Waals surface area contributed by atoms with E-state index < -0.39 is 10.0 Å². The molecule has 3 aromatic rings. The van der Waals surface area contributed by atoms with Crippen LogP contribution in [0.2, 0.25) is 0 Å². The molecular weight excluding hydrogens is 410 g/mol. The molecule has 7 nitrogen and oxygen atoms in total. The average molecular weight is 434 g/mol. The predicted octanol–water partition coefficient (Wildman–Crippen LogP) is 4.58. The van der Waals surface area contributed by atoms with Crippen LogP contribution in [0.15, 0.2) is 61.7 Å². The van der Waals surface area contributed by atoms with Crippen LogP contribution in [0.4, 0.5) is 0 Å². The second-order valence-electron chi connectivity index (χ2n) is 7.09. The molecule has 154 valence electrons. The van der Waals surface area contributed by atoms with Gasteiger partial charge in [-0.1, -0.05) is 36.2 Å². The van der Waals surface area contributed by atoms with Gasteiger partial charge in [-0.25, -0.2) is 13.4 Å². The lowest BCUT2D eigenvalue weighted by molar-refractivity contribution is 0.285. The third kappa shape index (κ3) is 4.57. The van der Waals surface area contributed by atoms with E-state index in [0.717, 1.165) is 36.4 Å². The third-order valence-corrected chi connectivity index (χ3v) is 8.04. The van der Waals surface area contributed by atoms with Gasteiger partial charge in [0.1, 0.15) is 4.90 Å². The molecule has 1 saturated carbocycles. The summed E-state index contributed by atoms with van der Waals surface area (Å²) in [5.41, 5.74) is 0.761. The zero-order valence-electron chi connectivity index (χ0n) is 16.2. The molecule has 0 N–H and O–H groups in total. The summed E-state index contributed by atoms with van der Waals surface area (Å²) in [5, 5.41) is 4.76. The minimum absolute atomic E-state index is 0.0818. The molecule has 1 aliphatic rings. The maximum absolute atomic E-state index is 12.9. The zero-order chi connectivity index (χ0) is 20.3. The van der Waals surface area contributed by atoms with Crippen LogP contribution in [0.3, 0.4) is 0 Å². The average Bonchev–Trinajstić information content (AvgIpc) is 3.44. The highest BCUT2D eigenvalue weighted by atomic mass is 32.2. The summed E-state index contributed by atoms with van der Waals surface area (Å²) >= 11 is 1.47. The van der Waals surface area contributed by atoms with E-state index in [4.69, 9.17) is 8.94 Å². The van der Waals surface area contributed by atoms with Crippen molar-refractivity contribution in [2.75, 3.05) is 7.05 Å². The van der Waals surface area contributed by atoms with Crippen molar-refractivity contribution in [3.63, 3.8) is 0 Å². The quantitative estimate of drug-likeness (QED) is 0.504. The van der Waals surface area contributed by atoms with E-state index in [1.807, 2.05) is 12.1 Å². The van der Waals surface area contributed by atoms with Crippen molar-refractivity contribution in [1.82, 2.24) is 14.4 Å². The second-order valence-corrected chi connectivity index (χ2v) is 10.1. The first-order valence-corrected chi connectivity index (χ1v) is 12.0. The third-order valence-electron chi connectivity index (χ3n) is 5.17. The van der Waals surface area contributed by atoms with E-state index in [1.165, 1.54) is 28.7 Å². The van der Waals surface area contributed by atoms with E-state index in [2.05, 4.69) is 10.1 Å². The first-order valence-electron chi connectivity index (χ1n) is 9.60. The van der Waals surface area contributed by atoms with Crippen molar-refractivity contribution in [3.8, 4) is 11.5 Å². The molecule has 3 heterocycles. The molecule has 0 unspecified atom stereocenters. The summed E-state index contributed by atoms with van der Waals surface area (Å²) < 4.78 is 37.9. The van der Waals surface area contributed by atoms with Gasteiger partial charge in [-0.2, -0.15) is 4.31 Å². The molecule has 0 amide bonds. The molecule has 1 fully saturated rings. The Labute approximate surface area is 174 Å². The molecule has 3 aromatic heterocycles. The maximum Gasteiger partial charge on any atom is 0.244 e. The number of pyridine rings is 1. The lowest BCUT2D eigenvalue weighted by atomic mass is 9.96. The van der Waals surface area contributed by atoms with Crippen molar-refractivity contribution in [3.05, 3.63) is 48.5 Å². The monoisotopic (exact) mass is 433 g/mol. The molecule has 9 heteroatoms. The van der Waals surface area contributed by atoms with Crippen LogP contribution in [0.25, 0.3) is 11.5 Å². The lowest BCUT2D eigenvalue weighted by Crippen LogP contribution is -2.38. The van der Waals surface area contributed by atoms with E-state index in [1.54, 1.807) is 31.5 Å². The molecule has 1 aliphatic carbocycles. The van der Waals surface area contributed by atoms with Crippen LogP contribution in [0.1, 0.15) is 37.8 Å².